The van der Waals surface area contributed by atoms with Gasteiger partial charge in [0.2, 0.25) is 0 Å². The molecular weight excluding hydrogens is 392 g/mol. The van der Waals surface area contributed by atoms with E-state index in [1.165, 1.54) is 33.4 Å². The first kappa shape index (κ1) is 22.4. The minimum absolute atomic E-state index is 0.225. The zero-order valence-corrected chi connectivity index (χ0v) is 18.6. The van der Waals surface area contributed by atoms with Crippen LogP contribution in [0.4, 0.5) is 0 Å². The molecule has 0 unspecified atom stereocenters. The van der Waals surface area contributed by atoms with Crippen molar-refractivity contribution in [3.63, 3.8) is 0 Å². The maximum Gasteiger partial charge on any atom is 0.113 e. The molecule has 0 spiro atoms. The van der Waals surface area contributed by atoms with Crippen molar-refractivity contribution in [3.8, 4) is 0 Å². The van der Waals surface area contributed by atoms with Gasteiger partial charge in [-0.05, 0) is 71.9 Å². The molecule has 5 nitrogen and oxygen atoms in total. The second kappa shape index (κ2) is 9.00. The quantitative estimate of drug-likeness (QED) is 0.590. The van der Waals surface area contributed by atoms with Gasteiger partial charge in [-0.2, -0.15) is 0 Å². The van der Waals surface area contributed by atoms with Gasteiger partial charge in [-0.3, -0.25) is 0 Å². The molecule has 31 heavy (non-hydrogen) atoms. The van der Waals surface area contributed by atoms with Crippen LogP contribution < -0.4 is 0 Å². The summed E-state index contributed by atoms with van der Waals surface area (Å²) in [7, 11) is 0. The molecule has 2 aliphatic rings. The lowest BCUT2D eigenvalue weighted by Gasteiger charge is -2.41. The smallest absolute Gasteiger partial charge is 0.113 e. The summed E-state index contributed by atoms with van der Waals surface area (Å²) in [4.78, 5) is 0. The van der Waals surface area contributed by atoms with Crippen molar-refractivity contribution in [2.24, 2.45) is 0 Å². The second-order valence-electron chi connectivity index (χ2n) is 9.42. The van der Waals surface area contributed by atoms with Crippen molar-refractivity contribution >= 4 is 0 Å². The van der Waals surface area contributed by atoms with Crippen LogP contribution >= 0.6 is 0 Å². The van der Waals surface area contributed by atoms with E-state index in [0.29, 0.717) is 0 Å². The van der Waals surface area contributed by atoms with E-state index in [1.54, 1.807) is 0 Å². The van der Waals surface area contributed by atoms with Crippen LogP contribution in [0, 0.1) is 6.92 Å². The number of aliphatic hydroxyl groups is 4. The summed E-state index contributed by atoms with van der Waals surface area (Å²) in [6, 6.07) is 10.7. The van der Waals surface area contributed by atoms with Crippen molar-refractivity contribution in [2.45, 2.75) is 82.9 Å². The van der Waals surface area contributed by atoms with Crippen LogP contribution in [0.15, 0.2) is 30.3 Å². The van der Waals surface area contributed by atoms with E-state index in [-0.39, 0.29) is 5.92 Å². The van der Waals surface area contributed by atoms with Gasteiger partial charge >= 0.3 is 0 Å². The van der Waals surface area contributed by atoms with Gasteiger partial charge in [0.05, 0.1) is 6.61 Å². The highest BCUT2D eigenvalue weighted by Crippen LogP contribution is 2.42. The fourth-order valence-corrected chi connectivity index (χ4v) is 5.28. The highest BCUT2D eigenvalue weighted by molar-refractivity contribution is 5.52. The van der Waals surface area contributed by atoms with Crippen LogP contribution in [0.3, 0.4) is 0 Å². The molecule has 5 heteroatoms. The minimum atomic E-state index is -1.37. The Hall–Kier alpha value is -1.76. The summed E-state index contributed by atoms with van der Waals surface area (Å²) < 4.78 is 5.98. The summed E-state index contributed by atoms with van der Waals surface area (Å²) in [5.41, 5.74) is 8.47. The second-order valence-corrected chi connectivity index (χ2v) is 9.42. The molecular formula is C26H34O5. The zero-order chi connectivity index (χ0) is 22.3. The maximum absolute atomic E-state index is 10.8. The Balaban J connectivity index is 1.82. The first-order valence-electron chi connectivity index (χ1n) is 11.3. The lowest BCUT2D eigenvalue weighted by Crippen LogP contribution is -2.55. The standard InChI is InChI=1S/C26H34O5/c1-14(2)22-19-6-4-5-18(19)17(11-16-9-7-15(3)8-10-16)12-20(22)26-25(30)24(29)23(28)21(13-27)31-26/h7-10,12,14,21,23-30H,4-6,11,13H2,1-3H3/t21-,23+,24+,25+,26+/m1/s1. The Morgan fingerprint density at radius 1 is 0.968 bits per heavy atom. The molecule has 4 rings (SSSR count). The topological polar surface area (TPSA) is 90.2 Å². The monoisotopic (exact) mass is 426 g/mol. The van der Waals surface area contributed by atoms with Crippen molar-refractivity contribution in [3.05, 3.63) is 69.3 Å². The molecule has 0 radical (unpaired) electrons. The molecule has 1 aliphatic heterocycles. The molecule has 2 aromatic carbocycles. The van der Waals surface area contributed by atoms with Crippen LogP contribution in [-0.2, 0) is 24.0 Å². The van der Waals surface area contributed by atoms with Crippen LogP contribution in [0.5, 0.6) is 0 Å². The normalized spacial score (nSPS) is 28.2. The Morgan fingerprint density at radius 3 is 2.29 bits per heavy atom. The van der Waals surface area contributed by atoms with E-state index in [4.69, 9.17) is 4.74 Å². The number of aliphatic hydroxyl groups excluding tert-OH is 4. The SMILES string of the molecule is Cc1ccc(Cc2cc([C@@H]3O[C@H](CO)[C@H](O)[C@H](O)[C@@H]3O)c(C(C)C)c3c2CCC3)cc1. The number of fused-ring (bicyclic) bond motifs is 1. The first-order valence-corrected chi connectivity index (χ1v) is 11.3. The van der Waals surface area contributed by atoms with Gasteiger partial charge < -0.3 is 25.2 Å². The summed E-state index contributed by atoms with van der Waals surface area (Å²) in [5.74, 6) is 0.225. The highest BCUT2D eigenvalue weighted by atomic mass is 16.5. The van der Waals surface area contributed by atoms with Crippen LogP contribution in [0.25, 0.3) is 0 Å². The van der Waals surface area contributed by atoms with Crippen molar-refractivity contribution in [1.29, 1.82) is 0 Å². The Labute approximate surface area is 184 Å². The minimum Gasteiger partial charge on any atom is -0.394 e. The van der Waals surface area contributed by atoms with Crippen molar-refractivity contribution in [2.75, 3.05) is 6.61 Å². The summed E-state index contributed by atoms with van der Waals surface area (Å²) >= 11 is 0. The lowest BCUT2D eigenvalue weighted by atomic mass is 9.80. The van der Waals surface area contributed by atoms with Gasteiger partial charge in [0.1, 0.15) is 30.5 Å². The molecule has 0 aromatic heterocycles. The largest absolute Gasteiger partial charge is 0.394 e. The first-order chi connectivity index (χ1) is 14.8. The molecule has 0 amide bonds. The van der Waals surface area contributed by atoms with E-state index in [0.717, 1.165) is 31.2 Å². The van der Waals surface area contributed by atoms with Crippen molar-refractivity contribution < 1.29 is 25.2 Å². The predicted octanol–water partition coefficient (Wildman–Crippen LogP) is 2.71. The number of benzene rings is 2. The van der Waals surface area contributed by atoms with Gasteiger partial charge in [0.25, 0.3) is 0 Å². The summed E-state index contributed by atoms with van der Waals surface area (Å²) in [5, 5.41) is 41.1. The molecule has 5 atom stereocenters. The third kappa shape index (κ3) is 4.18. The van der Waals surface area contributed by atoms with Crippen LogP contribution in [0.1, 0.15) is 71.2 Å². The average Bonchev–Trinajstić information content (AvgIpc) is 3.23. The summed E-state index contributed by atoms with van der Waals surface area (Å²) in [6.07, 6.45) is -1.74. The molecule has 0 saturated carbocycles. The van der Waals surface area contributed by atoms with Crippen molar-refractivity contribution in [1.82, 2.24) is 0 Å². The number of rotatable bonds is 5. The fourth-order valence-electron chi connectivity index (χ4n) is 5.28. The molecule has 1 heterocycles. The fraction of sp³-hybridized carbons (Fsp3) is 0.538. The summed E-state index contributed by atoms with van der Waals surface area (Å²) in [6.45, 7) is 5.94. The Kier molecular flexibility index (Phi) is 6.52. The Morgan fingerprint density at radius 2 is 1.65 bits per heavy atom. The molecule has 1 saturated heterocycles. The van der Waals surface area contributed by atoms with Gasteiger partial charge in [-0.1, -0.05) is 49.7 Å². The third-order valence-electron chi connectivity index (χ3n) is 6.86. The lowest BCUT2D eigenvalue weighted by molar-refractivity contribution is -0.232. The molecule has 2 aromatic rings. The number of hydrogen-bond acceptors (Lipinski definition) is 5. The van der Waals surface area contributed by atoms with E-state index in [2.05, 4.69) is 51.1 Å². The van der Waals surface area contributed by atoms with Crippen LogP contribution in [0.2, 0.25) is 0 Å². The number of aryl methyl sites for hydroxylation is 1. The Bertz CT molecular complexity index is 918. The molecule has 168 valence electrons. The van der Waals surface area contributed by atoms with Gasteiger partial charge in [-0.15, -0.1) is 0 Å². The predicted molar refractivity (Wildman–Crippen MR) is 119 cm³/mol. The molecule has 1 fully saturated rings. The number of ether oxygens (including phenoxy) is 1. The third-order valence-corrected chi connectivity index (χ3v) is 6.86. The van der Waals surface area contributed by atoms with E-state index in [9.17, 15) is 20.4 Å². The van der Waals surface area contributed by atoms with Gasteiger partial charge in [0.15, 0.2) is 0 Å². The average molecular weight is 427 g/mol. The number of hydrogen-bond donors (Lipinski definition) is 4. The highest BCUT2D eigenvalue weighted by Gasteiger charge is 2.45. The van der Waals surface area contributed by atoms with Crippen LogP contribution in [-0.4, -0.2) is 51.4 Å². The molecule has 4 N–H and O–H groups in total. The molecule has 0 bridgehead atoms. The zero-order valence-electron chi connectivity index (χ0n) is 18.6. The van der Waals surface area contributed by atoms with Gasteiger partial charge in [-0.25, -0.2) is 0 Å². The van der Waals surface area contributed by atoms with E-state index < -0.39 is 37.1 Å². The molecule has 1 aliphatic carbocycles. The van der Waals surface area contributed by atoms with E-state index in [1.807, 2.05) is 0 Å². The van der Waals surface area contributed by atoms with E-state index >= 15 is 0 Å². The maximum atomic E-state index is 10.8. The van der Waals surface area contributed by atoms with Gasteiger partial charge in [0, 0.05) is 0 Å².